The number of hydrazine groups is 1. The zero-order chi connectivity index (χ0) is 17.1. The summed E-state index contributed by atoms with van der Waals surface area (Å²) in [4.78, 5) is 13.0. The molecule has 0 unspecified atom stereocenters. The van der Waals surface area contributed by atoms with Crippen molar-refractivity contribution in [3.63, 3.8) is 0 Å². The number of rotatable bonds is 8. The van der Waals surface area contributed by atoms with Crippen LogP contribution >= 0.6 is 12.2 Å². The smallest absolute Gasteiger partial charge is 0.276 e. The van der Waals surface area contributed by atoms with Crippen LogP contribution in [0.1, 0.15) is 6.42 Å². The number of hydrogen-bond acceptors (Lipinski definition) is 4. The predicted octanol–water partition coefficient (Wildman–Crippen LogP) is -0.896. The third kappa shape index (κ3) is 8.84. The molecule has 4 N–H and O–H groups in total. The predicted molar refractivity (Wildman–Crippen MR) is 92.7 cm³/mol. The molecule has 1 aromatic carbocycles. The van der Waals surface area contributed by atoms with Crippen LogP contribution in [0.5, 0.6) is 11.5 Å². The van der Waals surface area contributed by atoms with E-state index in [9.17, 15) is 4.79 Å². The van der Waals surface area contributed by atoms with Gasteiger partial charge in [-0.25, -0.2) is 0 Å². The van der Waals surface area contributed by atoms with E-state index in [1.807, 2.05) is 0 Å². The number of hydrogen-bond donors (Lipinski definition) is 4. The SMILES string of the molecule is COc1ccc(OCC(=O)NNC(=S)NCCC[NH+](C)C)cc1. The van der Waals surface area contributed by atoms with E-state index in [0.717, 1.165) is 25.3 Å². The number of quaternary nitrogens is 1. The van der Waals surface area contributed by atoms with Crippen LogP contribution in [0.3, 0.4) is 0 Å². The average Bonchev–Trinajstić information content (AvgIpc) is 2.55. The van der Waals surface area contributed by atoms with Gasteiger partial charge in [0.15, 0.2) is 11.7 Å². The molecule has 1 amide bonds. The lowest BCUT2D eigenvalue weighted by atomic mass is 10.3. The summed E-state index contributed by atoms with van der Waals surface area (Å²) in [5, 5.41) is 3.40. The molecule has 0 aromatic heterocycles. The quantitative estimate of drug-likeness (QED) is 0.279. The Morgan fingerprint density at radius 2 is 1.83 bits per heavy atom. The van der Waals surface area contributed by atoms with Gasteiger partial charge in [0.1, 0.15) is 11.5 Å². The first kappa shape index (κ1) is 19.0. The van der Waals surface area contributed by atoms with Crippen molar-refractivity contribution < 1.29 is 19.2 Å². The third-order valence-electron chi connectivity index (χ3n) is 2.88. The zero-order valence-corrected chi connectivity index (χ0v) is 14.6. The molecule has 0 spiro atoms. The molecule has 0 atom stereocenters. The van der Waals surface area contributed by atoms with Gasteiger partial charge in [0.2, 0.25) is 0 Å². The molecular formula is C15H25N4O3S+. The van der Waals surface area contributed by atoms with Gasteiger partial charge in [-0.1, -0.05) is 0 Å². The number of nitrogens with one attached hydrogen (secondary N) is 4. The van der Waals surface area contributed by atoms with Crippen LogP contribution in [0.25, 0.3) is 0 Å². The molecule has 8 heteroatoms. The first-order chi connectivity index (χ1) is 11.0. The molecule has 128 valence electrons. The molecule has 23 heavy (non-hydrogen) atoms. The summed E-state index contributed by atoms with van der Waals surface area (Å²) in [7, 11) is 5.78. The fourth-order valence-electron chi connectivity index (χ4n) is 1.67. The van der Waals surface area contributed by atoms with Crippen molar-refractivity contribution in [2.24, 2.45) is 0 Å². The maximum Gasteiger partial charge on any atom is 0.276 e. The first-order valence-corrected chi connectivity index (χ1v) is 7.80. The lowest BCUT2D eigenvalue weighted by molar-refractivity contribution is -0.858. The van der Waals surface area contributed by atoms with Gasteiger partial charge in [-0.15, -0.1) is 0 Å². The highest BCUT2D eigenvalue weighted by molar-refractivity contribution is 7.80. The van der Waals surface area contributed by atoms with Crippen LogP contribution in [0.15, 0.2) is 24.3 Å². The standard InChI is InChI=1S/C15H24N4O3S/c1-19(2)10-4-9-16-15(23)18-17-14(20)11-22-13-7-5-12(21-3)6-8-13/h5-8H,4,9-11H2,1-3H3,(H,17,20)(H2,16,18,23)/p+1. The number of ether oxygens (including phenoxy) is 2. The normalized spacial score (nSPS) is 10.1. The lowest BCUT2D eigenvalue weighted by Crippen LogP contribution is -3.05. The molecule has 0 saturated heterocycles. The highest BCUT2D eigenvalue weighted by atomic mass is 32.1. The largest absolute Gasteiger partial charge is 0.497 e. The summed E-state index contributed by atoms with van der Waals surface area (Å²) in [6, 6.07) is 7.00. The van der Waals surface area contributed by atoms with Crippen molar-refractivity contribution in [2.75, 3.05) is 40.9 Å². The van der Waals surface area contributed by atoms with Gasteiger partial charge in [-0.05, 0) is 36.5 Å². The minimum absolute atomic E-state index is 0.105. The van der Waals surface area contributed by atoms with E-state index in [0.29, 0.717) is 10.9 Å². The van der Waals surface area contributed by atoms with Crippen LogP contribution in [0.4, 0.5) is 0 Å². The van der Waals surface area contributed by atoms with Gasteiger partial charge in [-0.3, -0.25) is 15.6 Å². The molecule has 0 bridgehead atoms. The summed E-state index contributed by atoms with van der Waals surface area (Å²) in [5.74, 6) is 1.01. The van der Waals surface area contributed by atoms with Crippen LogP contribution < -0.4 is 30.5 Å². The van der Waals surface area contributed by atoms with Crippen LogP contribution in [-0.4, -0.2) is 51.9 Å². The van der Waals surface area contributed by atoms with E-state index < -0.39 is 0 Å². The van der Waals surface area contributed by atoms with Crippen molar-refractivity contribution in [2.45, 2.75) is 6.42 Å². The number of carbonyl (C=O) groups is 1. The Balaban J connectivity index is 2.14. The van der Waals surface area contributed by atoms with Crippen LogP contribution in [0.2, 0.25) is 0 Å². The van der Waals surface area contributed by atoms with E-state index in [1.54, 1.807) is 31.4 Å². The van der Waals surface area contributed by atoms with E-state index in [1.165, 1.54) is 4.90 Å². The van der Waals surface area contributed by atoms with Crippen molar-refractivity contribution in [3.05, 3.63) is 24.3 Å². The molecule has 1 rings (SSSR count). The summed E-state index contributed by atoms with van der Waals surface area (Å²) < 4.78 is 10.4. The maximum atomic E-state index is 11.6. The van der Waals surface area contributed by atoms with E-state index in [-0.39, 0.29) is 12.5 Å². The van der Waals surface area contributed by atoms with Gasteiger partial charge in [0.05, 0.1) is 27.7 Å². The number of benzene rings is 1. The fourth-order valence-corrected chi connectivity index (χ4v) is 1.82. The minimum Gasteiger partial charge on any atom is -0.497 e. The monoisotopic (exact) mass is 341 g/mol. The van der Waals surface area contributed by atoms with Crippen molar-refractivity contribution in [1.29, 1.82) is 0 Å². The molecule has 0 heterocycles. The molecule has 0 aliphatic heterocycles. The second-order valence-corrected chi connectivity index (χ2v) is 5.61. The van der Waals surface area contributed by atoms with Gasteiger partial charge in [0, 0.05) is 13.0 Å². The maximum absolute atomic E-state index is 11.6. The van der Waals surface area contributed by atoms with Crippen molar-refractivity contribution in [3.8, 4) is 11.5 Å². The topological polar surface area (TPSA) is 76.1 Å². The van der Waals surface area contributed by atoms with Gasteiger partial charge < -0.3 is 19.7 Å². The molecule has 0 aliphatic rings. The highest BCUT2D eigenvalue weighted by Gasteiger charge is 2.04. The Morgan fingerprint density at radius 1 is 1.17 bits per heavy atom. The molecule has 0 aliphatic carbocycles. The Hall–Kier alpha value is -2.06. The molecule has 0 radical (unpaired) electrons. The van der Waals surface area contributed by atoms with Gasteiger partial charge in [-0.2, -0.15) is 0 Å². The second kappa shape index (κ2) is 10.6. The summed E-state index contributed by atoms with van der Waals surface area (Å²) >= 11 is 5.06. The van der Waals surface area contributed by atoms with Gasteiger partial charge in [0.25, 0.3) is 5.91 Å². The second-order valence-electron chi connectivity index (χ2n) is 5.20. The van der Waals surface area contributed by atoms with E-state index in [2.05, 4.69) is 30.3 Å². The van der Waals surface area contributed by atoms with Crippen LogP contribution in [0, 0.1) is 0 Å². The van der Waals surface area contributed by atoms with E-state index >= 15 is 0 Å². The summed E-state index contributed by atoms with van der Waals surface area (Å²) in [5.41, 5.74) is 5.12. The average molecular weight is 341 g/mol. The summed E-state index contributed by atoms with van der Waals surface area (Å²) in [6.45, 7) is 1.71. The molecule has 1 aromatic rings. The number of methoxy groups -OCH3 is 1. The number of carbonyl (C=O) groups excluding carboxylic acids is 1. The first-order valence-electron chi connectivity index (χ1n) is 7.40. The van der Waals surface area contributed by atoms with Crippen molar-refractivity contribution in [1.82, 2.24) is 16.2 Å². The molecule has 0 fully saturated rings. The van der Waals surface area contributed by atoms with Crippen LogP contribution in [-0.2, 0) is 4.79 Å². The summed E-state index contributed by atoms with van der Waals surface area (Å²) in [6.07, 6.45) is 0.999. The van der Waals surface area contributed by atoms with Gasteiger partial charge >= 0.3 is 0 Å². The Morgan fingerprint density at radius 3 is 2.43 bits per heavy atom. The zero-order valence-electron chi connectivity index (χ0n) is 13.8. The highest BCUT2D eigenvalue weighted by Crippen LogP contribution is 2.16. The third-order valence-corrected chi connectivity index (χ3v) is 3.13. The lowest BCUT2D eigenvalue weighted by Gasteiger charge is -2.12. The fraction of sp³-hybridized carbons (Fsp3) is 0.467. The Bertz CT molecular complexity index is 494. The van der Waals surface area contributed by atoms with E-state index in [4.69, 9.17) is 21.7 Å². The number of thiocarbonyl (C=S) groups is 1. The van der Waals surface area contributed by atoms with Crippen molar-refractivity contribution >= 4 is 23.2 Å². The Kier molecular flexibility index (Phi) is 8.78. The number of amides is 1. The molecule has 0 saturated carbocycles. The Labute approximate surface area is 142 Å². The molecular weight excluding hydrogens is 316 g/mol. The molecule has 7 nitrogen and oxygen atoms in total. The minimum atomic E-state index is -0.317.